The van der Waals surface area contributed by atoms with Gasteiger partial charge < -0.3 is 5.32 Å². The molecule has 0 fully saturated rings. The van der Waals surface area contributed by atoms with Gasteiger partial charge in [-0.25, -0.2) is 15.0 Å². The first-order chi connectivity index (χ1) is 10.2. The Morgan fingerprint density at radius 2 is 2.10 bits per heavy atom. The van der Waals surface area contributed by atoms with E-state index < -0.39 is 0 Å². The van der Waals surface area contributed by atoms with Gasteiger partial charge in [0.05, 0.1) is 0 Å². The van der Waals surface area contributed by atoms with E-state index in [1.54, 1.807) is 34.4 Å². The number of fused-ring (bicyclic) bond motifs is 1. The number of hydrogen-bond donors (Lipinski definition) is 1. The van der Waals surface area contributed by atoms with E-state index >= 15 is 0 Å². The molecule has 3 rings (SSSR count). The fourth-order valence-electron chi connectivity index (χ4n) is 1.87. The van der Waals surface area contributed by atoms with Crippen LogP contribution in [0.5, 0.6) is 0 Å². The van der Waals surface area contributed by atoms with Gasteiger partial charge >= 0.3 is 0 Å². The maximum absolute atomic E-state index is 4.67. The van der Waals surface area contributed by atoms with Crippen molar-refractivity contribution in [2.24, 2.45) is 0 Å². The molecule has 0 atom stereocenters. The third kappa shape index (κ3) is 3.36. The van der Waals surface area contributed by atoms with Crippen LogP contribution < -0.4 is 5.32 Å². The molecule has 21 heavy (non-hydrogen) atoms. The lowest BCUT2D eigenvalue weighted by molar-refractivity contribution is 0.946. The molecule has 0 saturated carbocycles. The summed E-state index contributed by atoms with van der Waals surface area (Å²) in [5, 5.41) is 7.45. The van der Waals surface area contributed by atoms with E-state index in [-0.39, 0.29) is 0 Å². The summed E-state index contributed by atoms with van der Waals surface area (Å²) in [5.41, 5.74) is 1.05. The maximum Gasteiger partial charge on any atom is 0.225 e. The Hall–Kier alpha value is -1.18. The molecule has 0 amide bonds. The standard InChI is InChI=1S/C14H16N4S3/c1-4-5-15-13-17-11-10(6-9(3)20-11)12(18-13)21-14-16-8(2)7-19-14/h6-7H,4-5H2,1-3H3,(H,15,17,18). The lowest BCUT2D eigenvalue weighted by Crippen LogP contribution is -2.04. The summed E-state index contributed by atoms with van der Waals surface area (Å²) in [6.45, 7) is 7.14. The molecule has 0 radical (unpaired) electrons. The highest BCUT2D eigenvalue weighted by Crippen LogP contribution is 2.36. The van der Waals surface area contributed by atoms with Crippen LogP contribution in [0.4, 0.5) is 5.95 Å². The van der Waals surface area contributed by atoms with Gasteiger partial charge in [0, 0.05) is 27.9 Å². The second-order valence-corrected chi connectivity index (χ2v) is 8.04. The maximum atomic E-state index is 4.67. The Kier molecular flexibility index (Phi) is 4.42. The normalized spacial score (nSPS) is 11.2. The highest BCUT2D eigenvalue weighted by molar-refractivity contribution is 8.01. The van der Waals surface area contributed by atoms with Crippen molar-refractivity contribution in [1.82, 2.24) is 15.0 Å². The molecule has 7 heteroatoms. The third-order valence-corrected chi connectivity index (χ3v) is 5.80. The number of nitrogens with zero attached hydrogens (tertiary/aromatic N) is 3. The van der Waals surface area contributed by atoms with Gasteiger partial charge in [-0.2, -0.15) is 0 Å². The molecular weight excluding hydrogens is 320 g/mol. The summed E-state index contributed by atoms with van der Waals surface area (Å²) >= 11 is 4.99. The van der Waals surface area contributed by atoms with Crippen LogP contribution in [0.3, 0.4) is 0 Å². The number of thiophene rings is 1. The van der Waals surface area contributed by atoms with Crippen molar-refractivity contribution in [3.8, 4) is 0 Å². The van der Waals surface area contributed by atoms with Gasteiger partial charge in [-0.1, -0.05) is 6.92 Å². The van der Waals surface area contributed by atoms with E-state index in [9.17, 15) is 0 Å². The van der Waals surface area contributed by atoms with Crippen LogP contribution in [0.2, 0.25) is 0 Å². The molecule has 3 aromatic rings. The molecule has 0 aliphatic heterocycles. The Balaban J connectivity index is 2.01. The third-order valence-electron chi connectivity index (χ3n) is 2.80. The predicted octanol–water partition coefficient (Wildman–Crippen LogP) is 4.74. The van der Waals surface area contributed by atoms with E-state index in [2.05, 4.69) is 45.6 Å². The van der Waals surface area contributed by atoms with Gasteiger partial charge in [0.25, 0.3) is 0 Å². The number of anilines is 1. The Labute approximate surface area is 136 Å². The fourth-order valence-corrected chi connectivity index (χ4v) is 4.66. The highest BCUT2D eigenvalue weighted by atomic mass is 32.2. The molecule has 3 heterocycles. The van der Waals surface area contributed by atoms with E-state index in [1.807, 2.05) is 6.92 Å². The van der Waals surface area contributed by atoms with Crippen molar-refractivity contribution in [3.05, 3.63) is 22.0 Å². The van der Waals surface area contributed by atoms with Gasteiger partial charge in [0.2, 0.25) is 5.95 Å². The average molecular weight is 337 g/mol. The van der Waals surface area contributed by atoms with Crippen LogP contribution >= 0.6 is 34.4 Å². The summed E-state index contributed by atoms with van der Waals surface area (Å²) in [6, 6.07) is 2.16. The van der Waals surface area contributed by atoms with Crippen LogP contribution in [0, 0.1) is 13.8 Å². The van der Waals surface area contributed by atoms with Crippen molar-refractivity contribution in [2.75, 3.05) is 11.9 Å². The molecule has 0 spiro atoms. The molecular formula is C14H16N4S3. The number of aryl methyl sites for hydroxylation is 2. The monoisotopic (exact) mass is 336 g/mol. The van der Waals surface area contributed by atoms with E-state index in [1.165, 1.54) is 4.88 Å². The second-order valence-electron chi connectivity index (χ2n) is 4.71. The van der Waals surface area contributed by atoms with Crippen molar-refractivity contribution in [3.63, 3.8) is 0 Å². The van der Waals surface area contributed by atoms with Gasteiger partial charge in [-0.15, -0.1) is 22.7 Å². The molecule has 0 aliphatic carbocycles. The number of rotatable bonds is 5. The first kappa shape index (κ1) is 14.7. The molecule has 3 aromatic heterocycles. The van der Waals surface area contributed by atoms with Crippen LogP contribution in [0.15, 0.2) is 20.8 Å². The molecule has 0 unspecified atom stereocenters. The van der Waals surface area contributed by atoms with E-state index in [4.69, 9.17) is 0 Å². The smallest absolute Gasteiger partial charge is 0.225 e. The summed E-state index contributed by atoms with van der Waals surface area (Å²) in [7, 11) is 0. The van der Waals surface area contributed by atoms with Gasteiger partial charge in [-0.05, 0) is 38.1 Å². The zero-order chi connectivity index (χ0) is 14.8. The van der Waals surface area contributed by atoms with Gasteiger partial charge in [0.1, 0.15) is 9.86 Å². The van der Waals surface area contributed by atoms with Crippen LogP contribution in [0.25, 0.3) is 10.2 Å². The highest BCUT2D eigenvalue weighted by Gasteiger charge is 2.13. The molecule has 0 aliphatic rings. The number of nitrogens with one attached hydrogen (secondary N) is 1. The Bertz CT molecular complexity index is 763. The number of thiazole rings is 1. The second kappa shape index (κ2) is 6.29. The predicted molar refractivity (Wildman–Crippen MR) is 91.9 cm³/mol. The summed E-state index contributed by atoms with van der Waals surface area (Å²) in [5.74, 6) is 0.710. The first-order valence-electron chi connectivity index (χ1n) is 6.77. The minimum absolute atomic E-state index is 0.710. The quantitative estimate of drug-likeness (QED) is 0.682. The van der Waals surface area contributed by atoms with Gasteiger partial charge in [-0.3, -0.25) is 0 Å². The van der Waals surface area contributed by atoms with Crippen molar-refractivity contribution >= 4 is 50.6 Å². The largest absolute Gasteiger partial charge is 0.354 e. The summed E-state index contributed by atoms with van der Waals surface area (Å²) in [4.78, 5) is 16.1. The lowest BCUT2D eigenvalue weighted by Gasteiger charge is -2.05. The van der Waals surface area contributed by atoms with Crippen molar-refractivity contribution in [2.45, 2.75) is 36.6 Å². The molecule has 110 valence electrons. The van der Waals surface area contributed by atoms with Crippen LogP contribution in [-0.4, -0.2) is 21.5 Å². The molecule has 4 nitrogen and oxygen atoms in total. The lowest BCUT2D eigenvalue weighted by atomic mass is 10.4. The Morgan fingerprint density at radius 1 is 1.24 bits per heavy atom. The molecule has 0 aromatic carbocycles. The summed E-state index contributed by atoms with van der Waals surface area (Å²) < 4.78 is 1.03. The zero-order valence-corrected chi connectivity index (χ0v) is 14.6. The average Bonchev–Trinajstić information content (AvgIpc) is 3.01. The topological polar surface area (TPSA) is 50.7 Å². The van der Waals surface area contributed by atoms with Gasteiger partial charge in [0.15, 0.2) is 4.34 Å². The van der Waals surface area contributed by atoms with Crippen molar-refractivity contribution in [1.29, 1.82) is 0 Å². The van der Waals surface area contributed by atoms with Crippen LogP contribution in [-0.2, 0) is 0 Å². The minimum Gasteiger partial charge on any atom is -0.354 e. The SMILES string of the molecule is CCCNc1nc(Sc2nc(C)cs2)c2cc(C)sc2n1. The van der Waals surface area contributed by atoms with E-state index in [0.717, 1.165) is 38.2 Å². The molecule has 0 saturated heterocycles. The fraction of sp³-hybridized carbons (Fsp3) is 0.357. The summed E-state index contributed by atoms with van der Waals surface area (Å²) in [6.07, 6.45) is 1.05. The van der Waals surface area contributed by atoms with E-state index in [0.29, 0.717) is 5.95 Å². The van der Waals surface area contributed by atoms with Crippen molar-refractivity contribution < 1.29 is 0 Å². The first-order valence-corrected chi connectivity index (χ1v) is 9.29. The zero-order valence-electron chi connectivity index (χ0n) is 12.1. The number of hydrogen-bond acceptors (Lipinski definition) is 7. The molecule has 1 N–H and O–H groups in total. The minimum atomic E-state index is 0.710. The Morgan fingerprint density at radius 3 is 2.81 bits per heavy atom. The number of aromatic nitrogens is 3. The van der Waals surface area contributed by atoms with Crippen LogP contribution in [0.1, 0.15) is 23.9 Å². The molecule has 0 bridgehead atoms.